The van der Waals surface area contributed by atoms with Gasteiger partial charge in [0.2, 0.25) is 10.0 Å². The number of aryl methyl sites for hydroxylation is 1. The molecule has 1 saturated carbocycles. The Bertz CT molecular complexity index is 804. The van der Waals surface area contributed by atoms with Gasteiger partial charge >= 0.3 is 6.03 Å². The van der Waals surface area contributed by atoms with E-state index >= 15 is 0 Å². The average molecular weight is 442 g/mol. The molecule has 170 valence electrons. The lowest BCUT2D eigenvalue weighted by molar-refractivity contribution is -0.0175. The maximum atomic E-state index is 12.5. The van der Waals surface area contributed by atoms with Crippen LogP contribution in [0.4, 0.5) is 4.79 Å². The highest BCUT2D eigenvalue weighted by atomic mass is 32.2. The van der Waals surface area contributed by atoms with Crippen molar-refractivity contribution >= 4 is 16.1 Å². The summed E-state index contributed by atoms with van der Waals surface area (Å²) < 4.78 is 34.5. The van der Waals surface area contributed by atoms with Crippen LogP contribution in [0, 0.1) is 0 Å². The molecule has 10 heteroatoms. The first-order chi connectivity index (χ1) is 14.3. The van der Waals surface area contributed by atoms with Crippen LogP contribution in [0.2, 0.25) is 0 Å². The fourth-order valence-electron chi connectivity index (χ4n) is 4.59. The van der Waals surface area contributed by atoms with Crippen LogP contribution in [0.1, 0.15) is 57.1 Å². The van der Waals surface area contributed by atoms with Crippen LogP contribution < -0.4 is 10.0 Å². The Morgan fingerprint density at radius 3 is 2.60 bits per heavy atom. The number of hydrogen-bond acceptors (Lipinski definition) is 5. The minimum Gasteiger partial charge on any atom is -0.376 e. The lowest BCUT2D eigenvalue weighted by Crippen LogP contribution is -2.60. The van der Waals surface area contributed by atoms with Gasteiger partial charge in [-0.05, 0) is 51.5 Å². The molecule has 2 atom stereocenters. The second-order valence-corrected chi connectivity index (χ2v) is 10.2. The Kier molecular flexibility index (Phi) is 7.75. The van der Waals surface area contributed by atoms with E-state index in [1.54, 1.807) is 4.90 Å². The summed E-state index contributed by atoms with van der Waals surface area (Å²) in [5, 5.41) is 7.37. The summed E-state index contributed by atoms with van der Waals surface area (Å²) in [6.45, 7) is 3.35. The molecule has 1 saturated heterocycles. The van der Waals surface area contributed by atoms with Crippen LogP contribution >= 0.6 is 0 Å². The van der Waals surface area contributed by atoms with E-state index in [2.05, 4.69) is 21.2 Å². The molecule has 0 bridgehead atoms. The number of ether oxygens (including phenoxy) is 1. The van der Waals surface area contributed by atoms with E-state index in [1.807, 2.05) is 24.9 Å². The van der Waals surface area contributed by atoms with Crippen molar-refractivity contribution in [2.75, 3.05) is 26.0 Å². The quantitative estimate of drug-likeness (QED) is 0.668. The van der Waals surface area contributed by atoms with Crippen molar-refractivity contribution in [3.8, 4) is 0 Å². The fraction of sp³-hybridized carbons (Fsp3) is 0.800. The summed E-state index contributed by atoms with van der Waals surface area (Å²) in [4.78, 5) is 14.3. The van der Waals surface area contributed by atoms with Gasteiger partial charge in [0.1, 0.15) is 0 Å². The Morgan fingerprint density at radius 2 is 2.00 bits per heavy atom. The van der Waals surface area contributed by atoms with E-state index in [1.165, 1.54) is 0 Å². The molecule has 1 aliphatic heterocycles. The molecule has 2 amide bonds. The molecule has 0 spiro atoms. The highest BCUT2D eigenvalue weighted by molar-refractivity contribution is 7.88. The van der Waals surface area contributed by atoms with E-state index in [0.717, 1.165) is 44.1 Å². The van der Waals surface area contributed by atoms with Crippen LogP contribution in [0.5, 0.6) is 0 Å². The second-order valence-electron chi connectivity index (χ2n) is 8.46. The maximum absolute atomic E-state index is 12.5. The summed E-state index contributed by atoms with van der Waals surface area (Å²) >= 11 is 0. The summed E-state index contributed by atoms with van der Waals surface area (Å²) in [5.74, 6) is 0.465. The first kappa shape index (κ1) is 23.0. The number of aromatic nitrogens is 2. The van der Waals surface area contributed by atoms with Crippen molar-refractivity contribution in [2.24, 2.45) is 7.05 Å². The number of piperidine rings is 1. The van der Waals surface area contributed by atoms with Gasteiger partial charge in [0.15, 0.2) is 0 Å². The third-order valence-electron chi connectivity index (χ3n) is 6.06. The number of nitrogens with zero attached hydrogens (tertiary/aromatic N) is 3. The largest absolute Gasteiger partial charge is 0.376 e. The number of sulfonamides is 1. The molecule has 0 aromatic carbocycles. The van der Waals surface area contributed by atoms with Crippen LogP contribution in [0.3, 0.4) is 0 Å². The molecular weight excluding hydrogens is 406 g/mol. The van der Waals surface area contributed by atoms with Crippen molar-refractivity contribution in [1.29, 1.82) is 0 Å². The number of carbonyl (C=O) groups excluding carboxylic acids is 1. The van der Waals surface area contributed by atoms with Crippen LogP contribution in [-0.4, -0.2) is 73.3 Å². The first-order valence-electron chi connectivity index (χ1n) is 10.9. The molecule has 2 N–H and O–H groups in total. The van der Waals surface area contributed by atoms with Crippen molar-refractivity contribution < 1.29 is 17.9 Å². The normalized spacial score (nSPS) is 27.8. The number of amides is 2. The summed E-state index contributed by atoms with van der Waals surface area (Å²) in [5.41, 5.74) is 1.14. The molecule has 9 nitrogen and oxygen atoms in total. The van der Waals surface area contributed by atoms with E-state index in [0.29, 0.717) is 32.0 Å². The minimum atomic E-state index is -3.37. The average Bonchev–Trinajstić information content (AvgIpc) is 3.12. The molecule has 2 heterocycles. The van der Waals surface area contributed by atoms with E-state index in [-0.39, 0.29) is 24.2 Å². The zero-order valence-corrected chi connectivity index (χ0v) is 19.0. The third-order valence-corrected chi connectivity index (χ3v) is 6.79. The van der Waals surface area contributed by atoms with Gasteiger partial charge in [-0.3, -0.25) is 4.68 Å². The smallest absolute Gasteiger partial charge is 0.317 e. The van der Waals surface area contributed by atoms with Gasteiger partial charge in [0.25, 0.3) is 0 Å². The van der Waals surface area contributed by atoms with Crippen molar-refractivity contribution in [2.45, 2.75) is 69.6 Å². The van der Waals surface area contributed by atoms with Gasteiger partial charge in [0, 0.05) is 38.3 Å². The molecule has 0 radical (unpaired) electrons. The van der Waals surface area contributed by atoms with Crippen LogP contribution in [0.15, 0.2) is 12.3 Å². The van der Waals surface area contributed by atoms with Crippen molar-refractivity contribution in [3.05, 3.63) is 18.0 Å². The molecule has 2 fully saturated rings. The summed E-state index contributed by atoms with van der Waals surface area (Å²) in [6.07, 6.45) is 8.66. The number of rotatable bonds is 7. The molecule has 1 aliphatic carbocycles. The van der Waals surface area contributed by atoms with Crippen molar-refractivity contribution in [1.82, 2.24) is 24.7 Å². The van der Waals surface area contributed by atoms with Crippen molar-refractivity contribution in [3.63, 3.8) is 0 Å². The van der Waals surface area contributed by atoms with E-state index in [9.17, 15) is 13.2 Å². The lowest BCUT2D eigenvalue weighted by atomic mass is 9.85. The molecule has 1 aromatic heterocycles. The Morgan fingerprint density at radius 1 is 1.27 bits per heavy atom. The second kappa shape index (κ2) is 10.1. The van der Waals surface area contributed by atoms with Gasteiger partial charge in [-0.15, -0.1) is 0 Å². The van der Waals surface area contributed by atoms with E-state index in [4.69, 9.17) is 4.74 Å². The van der Waals surface area contributed by atoms with Gasteiger partial charge < -0.3 is 15.0 Å². The lowest BCUT2D eigenvalue weighted by Gasteiger charge is -2.41. The fourth-order valence-corrected chi connectivity index (χ4v) is 5.42. The van der Waals surface area contributed by atoms with Crippen LogP contribution in [0.25, 0.3) is 0 Å². The molecule has 1 aromatic rings. The number of urea groups is 1. The van der Waals surface area contributed by atoms with Gasteiger partial charge in [0.05, 0.1) is 30.7 Å². The monoisotopic (exact) mass is 441 g/mol. The number of carbonyl (C=O) groups is 1. The predicted molar refractivity (Wildman–Crippen MR) is 115 cm³/mol. The highest BCUT2D eigenvalue weighted by Crippen LogP contribution is 2.33. The predicted octanol–water partition coefficient (Wildman–Crippen LogP) is 1.57. The Labute approximate surface area is 179 Å². The molecule has 30 heavy (non-hydrogen) atoms. The third kappa shape index (κ3) is 6.18. The number of likely N-dealkylation sites (tertiary alicyclic amines) is 1. The van der Waals surface area contributed by atoms with Crippen LogP contribution in [-0.2, 0) is 21.8 Å². The first-order valence-corrected chi connectivity index (χ1v) is 12.8. The maximum Gasteiger partial charge on any atom is 0.317 e. The standard InChI is InChI=1S/C20H35N5O4S/c1-4-21-20(26)25-12-5-6-18(23-30(3,27)28)19(25)14-29-16-9-7-15(8-10-16)17-11-13-24(2)22-17/h11,13,15-16,18-19,23H,4-10,12,14H2,1-3H3,(H,21,26)/t15?,16?,18-,19-/m0/s1. The molecular formula is C20H35N5O4S. The Hall–Kier alpha value is -1.65. The van der Waals surface area contributed by atoms with Gasteiger partial charge in [-0.1, -0.05) is 0 Å². The minimum absolute atomic E-state index is 0.127. The van der Waals surface area contributed by atoms with Gasteiger partial charge in [-0.25, -0.2) is 17.9 Å². The SMILES string of the molecule is CCNC(=O)N1CCC[C@H](NS(C)(=O)=O)[C@@H]1COC1CCC(c2ccn(C)n2)CC1. The van der Waals surface area contributed by atoms with E-state index < -0.39 is 10.0 Å². The molecule has 0 unspecified atom stereocenters. The zero-order valence-electron chi connectivity index (χ0n) is 18.2. The summed E-state index contributed by atoms with van der Waals surface area (Å²) in [7, 11) is -1.44. The summed E-state index contributed by atoms with van der Waals surface area (Å²) in [6, 6.07) is 1.28. The highest BCUT2D eigenvalue weighted by Gasteiger charge is 2.37. The van der Waals surface area contributed by atoms with Gasteiger partial charge in [-0.2, -0.15) is 5.10 Å². The molecule has 2 aliphatic rings. The number of hydrogen-bond donors (Lipinski definition) is 2. The molecule has 3 rings (SSSR count). The topological polar surface area (TPSA) is 106 Å². The number of nitrogens with one attached hydrogen (secondary N) is 2. The zero-order chi connectivity index (χ0) is 21.7. The Balaban J connectivity index is 1.59.